The summed E-state index contributed by atoms with van der Waals surface area (Å²) in [4.78, 5) is 11.4. The zero-order valence-corrected chi connectivity index (χ0v) is 12.4. The van der Waals surface area contributed by atoms with Gasteiger partial charge in [-0.15, -0.1) is 0 Å². The van der Waals surface area contributed by atoms with Crippen molar-refractivity contribution in [3.05, 3.63) is 68.7 Å². The molecule has 0 heterocycles. The lowest BCUT2D eigenvalue weighted by molar-refractivity contribution is -0.130. The molecule has 2 aromatic rings. The molecule has 0 saturated carbocycles. The molecule has 0 amide bonds. The monoisotopic (exact) mass is 326 g/mol. The van der Waals surface area contributed by atoms with Gasteiger partial charge in [0.1, 0.15) is 0 Å². The van der Waals surface area contributed by atoms with E-state index < -0.39 is 5.97 Å². The highest BCUT2D eigenvalue weighted by molar-refractivity contribution is 6.37. The molecule has 0 bridgehead atoms. The average molecular weight is 328 g/mol. The SMILES string of the molecule is O=C(O)/C(=C\c1ccc(Cl)cc1)c1cc(Cl)ccc1Cl. The molecule has 0 radical (unpaired) electrons. The molecular weight excluding hydrogens is 319 g/mol. The number of carboxylic acid groups (broad SMARTS) is 1. The van der Waals surface area contributed by atoms with Gasteiger partial charge in [-0.3, -0.25) is 0 Å². The number of hydrogen-bond acceptors (Lipinski definition) is 1. The van der Waals surface area contributed by atoms with Gasteiger partial charge in [-0.1, -0.05) is 46.9 Å². The van der Waals surface area contributed by atoms with Gasteiger partial charge in [0.25, 0.3) is 0 Å². The Bertz CT molecular complexity index is 676. The summed E-state index contributed by atoms with van der Waals surface area (Å²) in [6, 6.07) is 11.5. The summed E-state index contributed by atoms with van der Waals surface area (Å²) in [7, 11) is 0. The van der Waals surface area contributed by atoms with E-state index in [2.05, 4.69) is 0 Å². The predicted molar refractivity (Wildman–Crippen MR) is 83.4 cm³/mol. The van der Waals surface area contributed by atoms with E-state index in [4.69, 9.17) is 34.8 Å². The number of hydrogen-bond donors (Lipinski definition) is 1. The van der Waals surface area contributed by atoms with Crippen molar-refractivity contribution in [1.82, 2.24) is 0 Å². The molecule has 0 fully saturated rings. The zero-order chi connectivity index (χ0) is 14.7. The van der Waals surface area contributed by atoms with Crippen molar-refractivity contribution in [1.29, 1.82) is 0 Å². The Hall–Kier alpha value is -1.48. The third-order valence-electron chi connectivity index (χ3n) is 2.63. The largest absolute Gasteiger partial charge is 0.478 e. The van der Waals surface area contributed by atoms with Gasteiger partial charge in [0.15, 0.2) is 0 Å². The van der Waals surface area contributed by atoms with Crippen LogP contribution in [0.5, 0.6) is 0 Å². The van der Waals surface area contributed by atoms with Gasteiger partial charge >= 0.3 is 5.97 Å². The van der Waals surface area contributed by atoms with Crippen LogP contribution in [0.2, 0.25) is 15.1 Å². The van der Waals surface area contributed by atoms with Crippen LogP contribution < -0.4 is 0 Å². The molecule has 0 saturated heterocycles. The minimum atomic E-state index is -1.08. The second-order valence-electron chi connectivity index (χ2n) is 4.04. The minimum absolute atomic E-state index is 0.0693. The standard InChI is InChI=1S/C15H9Cl3O2/c16-10-3-1-9(2-4-10)7-13(15(19)20)12-8-11(17)5-6-14(12)18/h1-8H,(H,19,20)/b13-7-. The summed E-state index contributed by atoms with van der Waals surface area (Å²) in [6.07, 6.45) is 1.52. The Morgan fingerprint density at radius 2 is 1.55 bits per heavy atom. The summed E-state index contributed by atoms with van der Waals surface area (Å²) in [5.41, 5.74) is 1.16. The predicted octanol–water partition coefficient (Wildman–Crippen LogP) is 5.27. The van der Waals surface area contributed by atoms with Crippen molar-refractivity contribution in [2.45, 2.75) is 0 Å². The lowest BCUT2D eigenvalue weighted by Crippen LogP contribution is -2.00. The fourth-order valence-corrected chi connectivity index (χ4v) is 2.20. The molecular formula is C15H9Cl3O2. The Labute approximate surface area is 131 Å². The molecule has 0 aliphatic rings. The van der Waals surface area contributed by atoms with Gasteiger partial charge in [0.05, 0.1) is 5.57 Å². The summed E-state index contributed by atoms with van der Waals surface area (Å²) in [5.74, 6) is -1.08. The summed E-state index contributed by atoms with van der Waals surface area (Å²) in [6.45, 7) is 0. The first-order valence-corrected chi connectivity index (χ1v) is 6.77. The van der Waals surface area contributed by atoms with Crippen LogP contribution in [0.15, 0.2) is 42.5 Å². The van der Waals surface area contributed by atoms with Crippen molar-refractivity contribution in [2.24, 2.45) is 0 Å². The Balaban J connectivity index is 2.54. The molecule has 102 valence electrons. The number of carboxylic acids is 1. The Morgan fingerprint density at radius 3 is 2.15 bits per heavy atom. The average Bonchev–Trinajstić information content (AvgIpc) is 2.41. The number of rotatable bonds is 3. The maximum atomic E-state index is 11.4. The second kappa shape index (κ2) is 6.31. The van der Waals surface area contributed by atoms with E-state index >= 15 is 0 Å². The van der Waals surface area contributed by atoms with Crippen LogP contribution in [-0.4, -0.2) is 11.1 Å². The third-order valence-corrected chi connectivity index (χ3v) is 3.45. The molecule has 0 aliphatic carbocycles. The molecule has 2 nitrogen and oxygen atoms in total. The number of aliphatic carboxylic acids is 1. The van der Waals surface area contributed by atoms with Gasteiger partial charge in [-0.2, -0.15) is 0 Å². The topological polar surface area (TPSA) is 37.3 Å². The van der Waals surface area contributed by atoms with Crippen molar-refractivity contribution < 1.29 is 9.90 Å². The van der Waals surface area contributed by atoms with Gasteiger partial charge in [-0.05, 0) is 42.0 Å². The summed E-state index contributed by atoms with van der Waals surface area (Å²) in [5, 5.41) is 10.7. The Kier molecular flexibility index (Phi) is 4.71. The van der Waals surface area contributed by atoms with Crippen LogP contribution in [0.4, 0.5) is 0 Å². The van der Waals surface area contributed by atoms with Gasteiger partial charge in [-0.25, -0.2) is 4.79 Å². The van der Waals surface area contributed by atoms with E-state index in [1.54, 1.807) is 36.4 Å². The first-order valence-electron chi connectivity index (χ1n) is 5.63. The fraction of sp³-hybridized carbons (Fsp3) is 0. The summed E-state index contributed by atoms with van der Waals surface area (Å²) < 4.78 is 0. The van der Waals surface area contributed by atoms with E-state index in [0.29, 0.717) is 26.2 Å². The Morgan fingerprint density at radius 1 is 0.950 bits per heavy atom. The molecule has 0 aromatic heterocycles. The normalized spacial score (nSPS) is 11.4. The van der Waals surface area contributed by atoms with E-state index in [1.807, 2.05) is 0 Å². The van der Waals surface area contributed by atoms with Crippen LogP contribution in [0.1, 0.15) is 11.1 Å². The molecule has 0 atom stereocenters. The highest BCUT2D eigenvalue weighted by Gasteiger charge is 2.14. The summed E-state index contributed by atoms with van der Waals surface area (Å²) >= 11 is 17.7. The molecule has 0 unspecified atom stereocenters. The van der Waals surface area contributed by atoms with Crippen molar-refractivity contribution in [3.8, 4) is 0 Å². The first-order chi connectivity index (χ1) is 9.47. The molecule has 1 N–H and O–H groups in total. The van der Waals surface area contributed by atoms with E-state index in [9.17, 15) is 9.90 Å². The van der Waals surface area contributed by atoms with E-state index in [-0.39, 0.29) is 5.57 Å². The van der Waals surface area contributed by atoms with Crippen molar-refractivity contribution >= 4 is 52.4 Å². The number of halogens is 3. The molecule has 2 aromatic carbocycles. The van der Waals surface area contributed by atoms with Gasteiger partial charge in [0, 0.05) is 20.6 Å². The highest BCUT2D eigenvalue weighted by Crippen LogP contribution is 2.29. The van der Waals surface area contributed by atoms with Crippen LogP contribution in [0, 0.1) is 0 Å². The number of carbonyl (C=O) groups is 1. The smallest absolute Gasteiger partial charge is 0.336 e. The van der Waals surface area contributed by atoms with Gasteiger partial charge < -0.3 is 5.11 Å². The van der Waals surface area contributed by atoms with Crippen LogP contribution in [0.25, 0.3) is 11.6 Å². The molecule has 0 spiro atoms. The maximum absolute atomic E-state index is 11.4. The highest BCUT2D eigenvalue weighted by atomic mass is 35.5. The maximum Gasteiger partial charge on any atom is 0.336 e. The van der Waals surface area contributed by atoms with E-state index in [0.717, 1.165) is 0 Å². The second-order valence-corrected chi connectivity index (χ2v) is 5.32. The first kappa shape index (κ1) is 14.9. The van der Waals surface area contributed by atoms with Gasteiger partial charge in [0.2, 0.25) is 0 Å². The van der Waals surface area contributed by atoms with E-state index in [1.165, 1.54) is 12.1 Å². The van der Waals surface area contributed by atoms with Crippen LogP contribution in [0.3, 0.4) is 0 Å². The van der Waals surface area contributed by atoms with Crippen molar-refractivity contribution in [2.75, 3.05) is 0 Å². The lowest BCUT2D eigenvalue weighted by Gasteiger charge is -2.06. The van der Waals surface area contributed by atoms with Crippen LogP contribution in [-0.2, 0) is 4.79 Å². The minimum Gasteiger partial charge on any atom is -0.478 e. The lowest BCUT2D eigenvalue weighted by atomic mass is 10.0. The quantitative estimate of drug-likeness (QED) is 0.616. The van der Waals surface area contributed by atoms with Crippen LogP contribution >= 0.6 is 34.8 Å². The molecule has 2 rings (SSSR count). The molecule has 0 aliphatic heterocycles. The van der Waals surface area contributed by atoms with Crippen molar-refractivity contribution in [3.63, 3.8) is 0 Å². The third kappa shape index (κ3) is 3.54. The number of benzene rings is 2. The molecule has 20 heavy (non-hydrogen) atoms. The fourth-order valence-electron chi connectivity index (χ4n) is 1.68. The molecule has 5 heteroatoms. The zero-order valence-electron chi connectivity index (χ0n) is 10.1.